The second kappa shape index (κ2) is 5.29. The van der Waals surface area contributed by atoms with Gasteiger partial charge in [0.2, 0.25) is 5.91 Å². The maximum Gasteiger partial charge on any atom is 0.353 e. The Morgan fingerprint density at radius 3 is 2.60 bits per heavy atom. The molecule has 7 nitrogen and oxygen atoms in total. The molecule has 0 aromatic carbocycles. The number of carbonyl (C=O) groups is 3. The maximum atomic E-state index is 11.9. The fraction of sp³-hybridized carbons (Fsp3) is 0.417. The number of aliphatic hydroxyl groups excluding tert-OH is 1. The largest absolute Gasteiger partial charge is 0.478 e. The summed E-state index contributed by atoms with van der Waals surface area (Å²) in [6.07, 6.45) is 0.385. The minimum absolute atomic E-state index is 0.114. The van der Waals surface area contributed by atoms with Crippen molar-refractivity contribution < 1.29 is 29.7 Å². The van der Waals surface area contributed by atoms with Gasteiger partial charge in [0.1, 0.15) is 5.70 Å². The summed E-state index contributed by atoms with van der Waals surface area (Å²) in [6.45, 7) is 1.50. The first-order valence-electron chi connectivity index (χ1n) is 5.88. The van der Waals surface area contributed by atoms with E-state index in [1.54, 1.807) is 0 Å². The lowest BCUT2D eigenvalue weighted by Gasteiger charge is -2.44. The molecule has 2 rings (SSSR count). The second-order valence-electron chi connectivity index (χ2n) is 4.58. The van der Waals surface area contributed by atoms with Gasteiger partial charge in [0.15, 0.2) is 0 Å². The van der Waals surface area contributed by atoms with E-state index < -0.39 is 29.9 Å². The van der Waals surface area contributed by atoms with Crippen molar-refractivity contribution in [2.45, 2.75) is 25.5 Å². The van der Waals surface area contributed by atoms with Crippen LogP contribution >= 0.6 is 11.8 Å². The first-order valence-corrected chi connectivity index (χ1v) is 6.76. The molecule has 0 radical (unpaired) electrons. The summed E-state index contributed by atoms with van der Waals surface area (Å²) in [6, 6.07) is -0.352. The number of carboxylic acid groups (broad SMARTS) is 2. The summed E-state index contributed by atoms with van der Waals surface area (Å²) in [7, 11) is 0. The number of β-lactam (4-membered cyclic amide) rings is 1. The van der Waals surface area contributed by atoms with Crippen LogP contribution in [0.4, 0.5) is 0 Å². The summed E-state index contributed by atoms with van der Waals surface area (Å²) in [5.74, 6) is -3.35. The average molecular weight is 299 g/mol. The number of hydrogen-bond donors (Lipinski definition) is 3. The highest BCUT2D eigenvalue weighted by atomic mass is 32.2. The number of carbonyl (C=O) groups excluding carboxylic acids is 1. The maximum absolute atomic E-state index is 11.9. The smallest absolute Gasteiger partial charge is 0.353 e. The van der Waals surface area contributed by atoms with Crippen molar-refractivity contribution in [2.24, 2.45) is 5.92 Å². The molecule has 0 unspecified atom stereocenters. The van der Waals surface area contributed by atoms with Gasteiger partial charge in [0, 0.05) is 17.4 Å². The number of fused-ring (bicyclic) bond motifs is 1. The molecule has 0 saturated carbocycles. The highest BCUT2D eigenvalue weighted by molar-refractivity contribution is 8.05. The molecule has 0 bridgehead atoms. The van der Waals surface area contributed by atoms with Gasteiger partial charge in [-0.05, 0) is 12.3 Å². The van der Waals surface area contributed by atoms with E-state index in [1.807, 2.05) is 0 Å². The molecule has 8 heteroatoms. The number of aliphatic hydroxyl groups is 1. The quantitative estimate of drug-likeness (QED) is 0.491. The molecule has 2 heterocycles. The van der Waals surface area contributed by atoms with Crippen LogP contribution in [-0.2, 0) is 14.4 Å². The lowest BCUT2D eigenvalue weighted by Crippen LogP contribution is -2.61. The summed E-state index contributed by atoms with van der Waals surface area (Å²) in [5.41, 5.74) is -0.114. The number of nitrogens with zero attached hydrogens (tertiary/aromatic N) is 1. The minimum Gasteiger partial charge on any atom is -0.478 e. The van der Waals surface area contributed by atoms with E-state index in [4.69, 9.17) is 5.11 Å². The van der Waals surface area contributed by atoms with Crippen LogP contribution in [-0.4, -0.2) is 50.2 Å². The Morgan fingerprint density at radius 1 is 1.45 bits per heavy atom. The topological polar surface area (TPSA) is 115 Å². The van der Waals surface area contributed by atoms with Gasteiger partial charge in [0.25, 0.3) is 0 Å². The van der Waals surface area contributed by atoms with Crippen molar-refractivity contribution in [3.63, 3.8) is 0 Å². The molecule has 20 heavy (non-hydrogen) atoms. The van der Waals surface area contributed by atoms with Crippen molar-refractivity contribution in [1.82, 2.24) is 4.90 Å². The number of hydrogen-bond acceptors (Lipinski definition) is 5. The number of carboxylic acids is 2. The molecule has 3 N–H and O–H groups in total. The monoisotopic (exact) mass is 299 g/mol. The Balaban J connectivity index is 2.21. The van der Waals surface area contributed by atoms with Gasteiger partial charge in [-0.2, -0.15) is 0 Å². The normalized spacial score (nSPS) is 26.7. The molecule has 0 aromatic rings. The third-order valence-electron chi connectivity index (χ3n) is 3.31. The van der Waals surface area contributed by atoms with E-state index in [0.717, 1.165) is 17.8 Å². The molecule has 2 aliphatic heterocycles. The predicted molar refractivity (Wildman–Crippen MR) is 69.5 cm³/mol. The zero-order valence-corrected chi connectivity index (χ0v) is 11.3. The first-order chi connectivity index (χ1) is 9.34. The molecule has 0 spiro atoms. The zero-order chi connectivity index (χ0) is 15.0. The van der Waals surface area contributed by atoms with Gasteiger partial charge in [-0.15, -0.1) is 0 Å². The van der Waals surface area contributed by atoms with Crippen molar-refractivity contribution >= 4 is 29.6 Å². The number of rotatable bonds is 5. The van der Waals surface area contributed by atoms with Crippen LogP contribution in [0.15, 0.2) is 22.1 Å². The Labute approximate surface area is 118 Å². The van der Waals surface area contributed by atoms with Gasteiger partial charge < -0.3 is 20.2 Å². The van der Waals surface area contributed by atoms with Crippen LogP contribution in [0.25, 0.3) is 0 Å². The van der Waals surface area contributed by atoms with E-state index in [1.165, 1.54) is 17.2 Å². The molecule has 1 saturated heterocycles. The van der Waals surface area contributed by atoms with Crippen molar-refractivity contribution in [1.29, 1.82) is 0 Å². The summed E-state index contributed by atoms with van der Waals surface area (Å²) >= 11 is 0.974. The summed E-state index contributed by atoms with van der Waals surface area (Å²) in [4.78, 5) is 35.1. The van der Waals surface area contributed by atoms with Gasteiger partial charge in [-0.25, -0.2) is 9.59 Å². The standard InChI is InChI=1S/C12H13NO6S/c1-5(14)9-6-4-7(20-3-2-8(15)16)10(12(18)19)13(6)11(9)17/h2-3,5-6,9,14H,4H2,1H3,(H,15,16)(H,18,19)/b3-2-/t5-,6-,9-/m1/s1. The molecule has 1 fully saturated rings. The van der Waals surface area contributed by atoms with Gasteiger partial charge in [-0.3, -0.25) is 4.79 Å². The third-order valence-corrected chi connectivity index (χ3v) is 4.23. The lowest BCUT2D eigenvalue weighted by atomic mass is 9.83. The number of aliphatic carboxylic acids is 2. The van der Waals surface area contributed by atoms with E-state index in [2.05, 4.69) is 0 Å². The molecule has 0 aromatic heterocycles. The fourth-order valence-corrected chi connectivity index (χ4v) is 3.42. The summed E-state index contributed by atoms with van der Waals surface area (Å²) < 4.78 is 0. The minimum atomic E-state index is -1.23. The van der Waals surface area contributed by atoms with Crippen LogP contribution in [0.5, 0.6) is 0 Å². The lowest BCUT2D eigenvalue weighted by molar-refractivity contribution is -0.161. The molecule has 2 aliphatic rings. The molecule has 0 aliphatic carbocycles. The zero-order valence-electron chi connectivity index (χ0n) is 10.5. The highest BCUT2D eigenvalue weighted by Crippen LogP contribution is 2.47. The van der Waals surface area contributed by atoms with Crippen molar-refractivity contribution in [2.75, 3.05) is 0 Å². The Morgan fingerprint density at radius 2 is 2.10 bits per heavy atom. The predicted octanol–water partition coefficient (Wildman–Crippen LogP) is 0.226. The second-order valence-corrected chi connectivity index (χ2v) is 5.58. The van der Waals surface area contributed by atoms with Gasteiger partial charge in [0.05, 0.1) is 18.1 Å². The van der Waals surface area contributed by atoms with Crippen LogP contribution < -0.4 is 0 Å². The number of thioether (sulfide) groups is 1. The fourth-order valence-electron chi connectivity index (χ4n) is 2.51. The first kappa shape index (κ1) is 14.6. The van der Waals surface area contributed by atoms with E-state index >= 15 is 0 Å². The SMILES string of the molecule is C[C@@H](O)[C@H]1C(=O)N2C(C(=O)O)=C(S/C=C\C(=O)O)C[C@H]12. The average Bonchev–Trinajstić information content (AvgIpc) is 2.63. The van der Waals surface area contributed by atoms with Crippen LogP contribution in [0, 0.1) is 5.92 Å². The Kier molecular flexibility index (Phi) is 3.87. The highest BCUT2D eigenvalue weighted by Gasteiger charge is 2.56. The van der Waals surface area contributed by atoms with Crippen LogP contribution in [0.3, 0.4) is 0 Å². The van der Waals surface area contributed by atoms with E-state index in [9.17, 15) is 24.6 Å². The van der Waals surface area contributed by atoms with Gasteiger partial charge in [-0.1, -0.05) is 11.8 Å². The summed E-state index contributed by atoms with van der Waals surface area (Å²) in [5, 5.41) is 28.5. The molecular weight excluding hydrogens is 286 g/mol. The Hall–Kier alpha value is -1.80. The molecule has 1 amide bonds. The number of amides is 1. The van der Waals surface area contributed by atoms with E-state index in [0.29, 0.717) is 11.3 Å². The molecular formula is C12H13NO6S. The van der Waals surface area contributed by atoms with Gasteiger partial charge >= 0.3 is 11.9 Å². The van der Waals surface area contributed by atoms with Crippen molar-refractivity contribution in [3.05, 3.63) is 22.1 Å². The van der Waals surface area contributed by atoms with Crippen LogP contribution in [0.1, 0.15) is 13.3 Å². The van der Waals surface area contributed by atoms with Crippen molar-refractivity contribution in [3.8, 4) is 0 Å². The molecule has 108 valence electrons. The van der Waals surface area contributed by atoms with Crippen LogP contribution in [0.2, 0.25) is 0 Å². The van der Waals surface area contributed by atoms with E-state index in [-0.39, 0.29) is 11.7 Å². The molecule has 3 atom stereocenters. The Bertz CT molecular complexity index is 538. The third kappa shape index (κ3) is 2.32.